The summed E-state index contributed by atoms with van der Waals surface area (Å²) in [6.07, 6.45) is 0. The molecule has 1 aliphatic rings. The highest BCUT2D eigenvalue weighted by Gasteiger charge is 2.25. The lowest BCUT2D eigenvalue weighted by Gasteiger charge is -2.29. The van der Waals surface area contributed by atoms with Gasteiger partial charge < -0.3 is 19.9 Å². The number of halogens is 1. The van der Waals surface area contributed by atoms with E-state index in [0.717, 1.165) is 59.8 Å². The molecule has 6 nitrogen and oxygen atoms in total. The maximum Gasteiger partial charge on any atom is 0.204 e. The SMILES string of the molecule is CNc1nn(C[NH+]2CC[NH+](Cc3cc(F)ccc3OC)CC2)c(=S)s1. The lowest BCUT2D eigenvalue weighted by atomic mass is 10.1. The summed E-state index contributed by atoms with van der Waals surface area (Å²) in [5, 5.41) is 8.37. The summed E-state index contributed by atoms with van der Waals surface area (Å²) in [6.45, 7) is 5.74. The van der Waals surface area contributed by atoms with Crippen molar-refractivity contribution in [2.75, 3.05) is 45.7 Å². The van der Waals surface area contributed by atoms with E-state index in [1.54, 1.807) is 19.2 Å². The number of aromatic nitrogens is 2. The zero-order valence-corrected chi connectivity index (χ0v) is 16.1. The zero-order valence-electron chi connectivity index (χ0n) is 14.5. The number of rotatable bonds is 6. The second-order valence-corrected chi connectivity index (χ2v) is 7.84. The molecule has 3 N–H and O–H groups in total. The van der Waals surface area contributed by atoms with Gasteiger partial charge in [0.2, 0.25) is 5.13 Å². The molecule has 9 heteroatoms. The Morgan fingerprint density at radius 3 is 2.68 bits per heavy atom. The summed E-state index contributed by atoms with van der Waals surface area (Å²) in [5.41, 5.74) is 0.932. The molecular weight excluding hydrogens is 361 g/mol. The highest BCUT2D eigenvalue weighted by atomic mass is 32.1. The van der Waals surface area contributed by atoms with Crippen LogP contribution in [0.5, 0.6) is 5.75 Å². The molecule has 0 unspecified atom stereocenters. The van der Waals surface area contributed by atoms with E-state index in [1.165, 1.54) is 27.2 Å². The zero-order chi connectivity index (χ0) is 17.8. The Kier molecular flexibility index (Phi) is 6.00. The van der Waals surface area contributed by atoms with Crippen molar-refractivity contribution in [3.05, 3.63) is 33.5 Å². The molecule has 2 heterocycles. The molecule has 1 aliphatic heterocycles. The first-order chi connectivity index (χ1) is 12.1. The van der Waals surface area contributed by atoms with Crippen LogP contribution in [0.3, 0.4) is 0 Å². The molecule has 0 amide bonds. The fourth-order valence-electron chi connectivity index (χ4n) is 3.17. The van der Waals surface area contributed by atoms with E-state index in [0.29, 0.717) is 0 Å². The quantitative estimate of drug-likeness (QED) is 0.603. The summed E-state index contributed by atoms with van der Waals surface area (Å²) < 4.78 is 21.6. The van der Waals surface area contributed by atoms with E-state index in [-0.39, 0.29) is 5.82 Å². The topological polar surface area (TPSA) is 48.0 Å². The van der Waals surface area contributed by atoms with Crippen LogP contribution in [0.15, 0.2) is 18.2 Å². The summed E-state index contributed by atoms with van der Waals surface area (Å²) in [4.78, 5) is 2.92. The van der Waals surface area contributed by atoms with Gasteiger partial charge in [-0.25, -0.2) is 4.39 Å². The van der Waals surface area contributed by atoms with Gasteiger partial charge in [0.25, 0.3) is 0 Å². The molecule has 3 rings (SSSR count). The molecule has 1 saturated heterocycles. The van der Waals surface area contributed by atoms with Gasteiger partial charge in [-0.15, -0.1) is 5.10 Å². The van der Waals surface area contributed by atoms with Gasteiger partial charge in [-0.1, -0.05) is 11.3 Å². The van der Waals surface area contributed by atoms with Gasteiger partial charge in [-0.05, 0) is 30.4 Å². The van der Waals surface area contributed by atoms with Crippen LogP contribution in [0.2, 0.25) is 0 Å². The average molecular weight is 386 g/mol. The molecule has 0 aliphatic carbocycles. The molecule has 0 atom stereocenters. The molecule has 0 saturated carbocycles. The number of nitrogens with one attached hydrogen (secondary N) is 3. The van der Waals surface area contributed by atoms with Gasteiger partial charge in [0.05, 0.1) is 12.7 Å². The third kappa shape index (κ3) is 4.55. The van der Waals surface area contributed by atoms with E-state index >= 15 is 0 Å². The first-order valence-electron chi connectivity index (χ1n) is 8.34. The Morgan fingerprint density at radius 1 is 1.32 bits per heavy atom. The number of ether oxygens (including phenoxy) is 1. The Bertz CT molecular complexity index is 770. The number of hydrogen-bond acceptors (Lipinski definition) is 5. The largest absolute Gasteiger partial charge is 0.496 e. The van der Waals surface area contributed by atoms with Crippen molar-refractivity contribution < 1.29 is 18.9 Å². The molecular formula is C16H24FN5OS2+2. The van der Waals surface area contributed by atoms with Crippen molar-refractivity contribution in [1.29, 1.82) is 0 Å². The van der Waals surface area contributed by atoms with E-state index in [1.807, 2.05) is 11.7 Å². The normalized spacial score (nSPS) is 20.4. The number of anilines is 1. The monoisotopic (exact) mass is 385 g/mol. The minimum atomic E-state index is -0.210. The Balaban J connectivity index is 1.56. The van der Waals surface area contributed by atoms with Gasteiger partial charge in [0.15, 0.2) is 10.6 Å². The maximum absolute atomic E-state index is 13.5. The van der Waals surface area contributed by atoms with Gasteiger partial charge in [-0.2, -0.15) is 4.68 Å². The third-order valence-corrected chi connectivity index (χ3v) is 5.87. The van der Waals surface area contributed by atoms with Crippen LogP contribution in [0.1, 0.15) is 5.56 Å². The van der Waals surface area contributed by atoms with E-state index in [9.17, 15) is 4.39 Å². The van der Waals surface area contributed by atoms with Gasteiger partial charge in [0.1, 0.15) is 44.3 Å². The van der Waals surface area contributed by atoms with E-state index in [2.05, 4.69) is 10.4 Å². The fourth-order valence-corrected chi connectivity index (χ4v) is 4.13. The predicted molar refractivity (Wildman–Crippen MR) is 98.5 cm³/mol. The van der Waals surface area contributed by atoms with Gasteiger partial charge >= 0.3 is 0 Å². The number of benzene rings is 1. The van der Waals surface area contributed by atoms with Crippen molar-refractivity contribution in [3.8, 4) is 5.75 Å². The van der Waals surface area contributed by atoms with Crippen LogP contribution in [0.25, 0.3) is 0 Å². The molecule has 1 fully saturated rings. The van der Waals surface area contributed by atoms with Gasteiger partial charge in [-0.3, -0.25) is 0 Å². The lowest BCUT2D eigenvalue weighted by molar-refractivity contribution is -1.03. The number of piperazine rings is 1. The van der Waals surface area contributed by atoms with Crippen molar-refractivity contribution in [3.63, 3.8) is 0 Å². The number of hydrogen-bond donors (Lipinski definition) is 3. The molecule has 1 aromatic heterocycles. The number of quaternary nitrogens is 2. The van der Waals surface area contributed by atoms with Gasteiger partial charge in [0, 0.05) is 7.05 Å². The maximum atomic E-state index is 13.5. The smallest absolute Gasteiger partial charge is 0.204 e. The van der Waals surface area contributed by atoms with Crippen LogP contribution in [-0.2, 0) is 13.2 Å². The molecule has 0 spiro atoms. The standard InChI is InChI=1S/C16H22FN5OS2/c1-18-15-19-22(16(24)25-15)11-21-7-5-20(6-8-21)10-12-9-13(17)3-4-14(12)23-2/h3-4,9H,5-8,10-11H2,1-2H3,(H,18,19)/p+2. The second kappa shape index (κ2) is 8.22. The van der Waals surface area contributed by atoms with Crippen molar-refractivity contribution >= 4 is 28.7 Å². The lowest BCUT2D eigenvalue weighted by Crippen LogP contribution is -3.27. The van der Waals surface area contributed by atoms with E-state index in [4.69, 9.17) is 17.0 Å². The van der Waals surface area contributed by atoms with Crippen LogP contribution < -0.4 is 19.9 Å². The highest BCUT2D eigenvalue weighted by Crippen LogP contribution is 2.18. The summed E-state index contributed by atoms with van der Waals surface area (Å²) in [6, 6.07) is 4.73. The molecule has 0 bridgehead atoms. The van der Waals surface area contributed by atoms with E-state index < -0.39 is 0 Å². The van der Waals surface area contributed by atoms with Crippen molar-refractivity contribution in [2.45, 2.75) is 13.2 Å². The van der Waals surface area contributed by atoms with Crippen LogP contribution in [-0.4, -0.2) is 50.1 Å². The van der Waals surface area contributed by atoms with Crippen molar-refractivity contribution in [1.82, 2.24) is 9.78 Å². The molecule has 136 valence electrons. The summed E-state index contributed by atoms with van der Waals surface area (Å²) >= 11 is 6.87. The molecule has 0 radical (unpaired) electrons. The molecule has 1 aromatic carbocycles. The first kappa shape index (κ1) is 18.2. The number of nitrogens with zero attached hydrogens (tertiary/aromatic N) is 2. The summed E-state index contributed by atoms with van der Waals surface area (Å²) in [7, 11) is 3.48. The van der Waals surface area contributed by atoms with Crippen molar-refractivity contribution in [2.24, 2.45) is 0 Å². The van der Waals surface area contributed by atoms with Crippen LogP contribution in [0, 0.1) is 9.77 Å². The second-order valence-electron chi connectivity index (χ2n) is 6.21. The molecule has 25 heavy (non-hydrogen) atoms. The minimum absolute atomic E-state index is 0.210. The van der Waals surface area contributed by atoms with Crippen LogP contribution >= 0.6 is 23.6 Å². The summed E-state index contributed by atoms with van der Waals surface area (Å²) in [5.74, 6) is 0.551. The molecule has 2 aromatic rings. The minimum Gasteiger partial charge on any atom is -0.496 e. The highest BCUT2D eigenvalue weighted by molar-refractivity contribution is 7.73. The third-order valence-electron chi connectivity index (χ3n) is 4.54. The first-order valence-corrected chi connectivity index (χ1v) is 9.56. The number of methoxy groups -OCH3 is 1. The Hall–Kier alpha value is -1.55. The van der Waals surface area contributed by atoms with Crippen LogP contribution in [0.4, 0.5) is 9.52 Å². The Morgan fingerprint density at radius 2 is 2.04 bits per heavy atom. The fraction of sp³-hybridized carbons (Fsp3) is 0.500. The Labute approximate surface area is 155 Å². The average Bonchev–Trinajstić information content (AvgIpc) is 2.97. The predicted octanol–water partition coefficient (Wildman–Crippen LogP) is -0.195.